The van der Waals surface area contributed by atoms with Crippen LogP contribution in [-0.2, 0) is 0 Å². The van der Waals surface area contributed by atoms with E-state index < -0.39 is 10.8 Å². The molecule has 1 amide bonds. The molecule has 0 aliphatic heterocycles. The lowest BCUT2D eigenvalue weighted by molar-refractivity contribution is -0.385. The second-order valence-electron chi connectivity index (χ2n) is 4.79. The van der Waals surface area contributed by atoms with E-state index in [-0.39, 0.29) is 11.3 Å². The molecule has 0 aliphatic rings. The molecule has 0 radical (unpaired) electrons. The van der Waals surface area contributed by atoms with Crippen LogP contribution in [0.25, 0.3) is 10.2 Å². The summed E-state index contributed by atoms with van der Waals surface area (Å²) >= 11 is 1.39. The molecule has 1 heterocycles. The zero-order valence-electron chi connectivity index (χ0n) is 12.3. The standard InChI is InChI=1S/C16H13N3O3S/c1-2-18(16-17-12-8-4-6-10-14(12)23-16)15(20)11-7-3-5-9-13(11)19(21)22/h3-10H,2H2,1H3. The summed E-state index contributed by atoms with van der Waals surface area (Å²) in [5.41, 5.74) is 0.678. The number of thiazole rings is 1. The van der Waals surface area contributed by atoms with Crippen molar-refractivity contribution in [2.45, 2.75) is 6.92 Å². The number of para-hydroxylation sites is 2. The molecule has 0 spiro atoms. The Balaban J connectivity index is 2.04. The first-order valence-electron chi connectivity index (χ1n) is 7.02. The Labute approximate surface area is 136 Å². The molecule has 0 saturated heterocycles. The number of hydrogen-bond acceptors (Lipinski definition) is 5. The first-order chi connectivity index (χ1) is 11.1. The number of nitro benzene ring substituents is 1. The maximum Gasteiger partial charge on any atom is 0.282 e. The Morgan fingerprint density at radius 3 is 2.61 bits per heavy atom. The number of fused-ring (bicyclic) bond motifs is 1. The molecule has 6 nitrogen and oxygen atoms in total. The Hall–Kier alpha value is -2.80. The van der Waals surface area contributed by atoms with Gasteiger partial charge < -0.3 is 0 Å². The summed E-state index contributed by atoms with van der Waals surface area (Å²) in [6.45, 7) is 2.20. The maximum atomic E-state index is 12.8. The molecular weight excluding hydrogens is 314 g/mol. The third-order valence-electron chi connectivity index (χ3n) is 3.41. The molecule has 7 heteroatoms. The Bertz CT molecular complexity index is 858. The van der Waals surface area contributed by atoms with Crippen LogP contribution < -0.4 is 4.90 Å². The van der Waals surface area contributed by atoms with Gasteiger partial charge in [0, 0.05) is 12.6 Å². The normalized spacial score (nSPS) is 10.7. The van der Waals surface area contributed by atoms with Gasteiger partial charge in [0.15, 0.2) is 5.13 Å². The van der Waals surface area contributed by atoms with E-state index in [1.165, 1.54) is 28.4 Å². The molecular formula is C16H13N3O3S. The average molecular weight is 327 g/mol. The number of aromatic nitrogens is 1. The van der Waals surface area contributed by atoms with E-state index in [9.17, 15) is 14.9 Å². The minimum atomic E-state index is -0.542. The lowest BCUT2D eigenvalue weighted by atomic mass is 10.1. The van der Waals surface area contributed by atoms with Crippen LogP contribution in [0, 0.1) is 10.1 Å². The second kappa shape index (κ2) is 6.13. The van der Waals surface area contributed by atoms with E-state index in [1.807, 2.05) is 31.2 Å². The van der Waals surface area contributed by atoms with E-state index in [4.69, 9.17) is 0 Å². The molecule has 2 aromatic carbocycles. The lowest BCUT2D eigenvalue weighted by Crippen LogP contribution is -2.31. The predicted molar refractivity (Wildman–Crippen MR) is 90.1 cm³/mol. The minimum Gasteiger partial charge on any atom is -0.284 e. The summed E-state index contributed by atoms with van der Waals surface area (Å²) in [5.74, 6) is -0.418. The fourth-order valence-corrected chi connectivity index (χ4v) is 3.33. The average Bonchev–Trinajstić information content (AvgIpc) is 2.99. The van der Waals surface area contributed by atoms with Gasteiger partial charge in [-0.3, -0.25) is 19.8 Å². The van der Waals surface area contributed by atoms with Gasteiger partial charge >= 0.3 is 0 Å². The summed E-state index contributed by atoms with van der Waals surface area (Å²) in [5, 5.41) is 11.7. The summed E-state index contributed by atoms with van der Waals surface area (Å²) < 4.78 is 0.969. The summed E-state index contributed by atoms with van der Waals surface area (Å²) in [6, 6.07) is 13.6. The monoisotopic (exact) mass is 327 g/mol. The first-order valence-corrected chi connectivity index (χ1v) is 7.84. The molecule has 0 N–H and O–H groups in total. The predicted octanol–water partition coefficient (Wildman–Crippen LogP) is 3.87. The molecule has 3 aromatic rings. The van der Waals surface area contributed by atoms with Crippen molar-refractivity contribution in [2.24, 2.45) is 0 Å². The molecule has 0 saturated carbocycles. The smallest absolute Gasteiger partial charge is 0.282 e. The van der Waals surface area contributed by atoms with Gasteiger partial charge in [0.1, 0.15) is 5.56 Å². The van der Waals surface area contributed by atoms with Gasteiger partial charge in [0.05, 0.1) is 15.1 Å². The number of amides is 1. The summed E-state index contributed by atoms with van der Waals surface area (Å²) in [7, 11) is 0. The Morgan fingerprint density at radius 2 is 1.91 bits per heavy atom. The number of anilines is 1. The molecule has 0 aliphatic carbocycles. The highest BCUT2D eigenvalue weighted by Crippen LogP contribution is 2.30. The van der Waals surface area contributed by atoms with Crippen molar-refractivity contribution in [1.82, 2.24) is 4.98 Å². The van der Waals surface area contributed by atoms with Gasteiger partial charge in [-0.1, -0.05) is 35.6 Å². The molecule has 3 rings (SSSR count). The van der Waals surface area contributed by atoms with Crippen LogP contribution in [0.1, 0.15) is 17.3 Å². The number of nitrogens with zero attached hydrogens (tertiary/aromatic N) is 3. The van der Waals surface area contributed by atoms with Crippen molar-refractivity contribution in [3.05, 3.63) is 64.2 Å². The maximum absolute atomic E-state index is 12.8. The van der Waals surface area contributed by atoms with E-state index in [0.29, 0.717) is 11.7 Å². The van der Waals surface area contributed by atoms with Gasteiger partial charge in [0.2, 0.25) is 0 Å². The van der Waals surface area contributed by atoms with E-state index in [1.54, 1.807) is 12.1 Å². The van der Waals surface area contributed by atoms with Crippen molar-refractivity contribution in [2.75, 3.05) is 11.4 Å². The van der Waals surface area contributed by atoms with Gasteiger partial charge in [-0.15, -0.1) is 0 Å². The van der Waals surface area contributed by atoms with Gasteiger partial charge in [-0.05, 0) is 25.1 Å². The highest BCUT2D eigenvalue weighted by atomic mass is 32.1. The Kier molecular flexibility index (Phi) is 4.03. The molecule has 0 unspecified atom stereocenters. The van der Waals surface area contributed by atoms with Crippen LogP contribution in [-0.4, -0.2) is 22.4 Å². The van der Waals surface area contributed by atoms with Gasteiger partial charge in [-0.2, -0.15) is 0 Å². The molecule has 0 fully saturated rings. The van der Waals surface area contributed by atoms with Crippen LogP contribution in [0.4, 0.5) is 10.8 Å². The number of benzene rings is 2. The number of rotatable bonds is 4. The van der Waals surface area contributed by atoms with Crippen molar-refractivity contribution in [3.8, 4) is 0 Å². The number of hydrogen-bond donors (Lipinski definition) is 0. The van der Waals surface area contributed by atoms with Crippen molar-refractivity contribution < 1.29 is 9.72 Å². The third-order valence-corrected chi connectivity index (χ3v) is 4.47. The van der Waals surface area contributed by atoms with E-state index in [2.05, 4.69) is 4.98 Å². The zero-order chi connectivity index (χ0) is 16.4. The highest BCUT2D eigenvalue weighted by Gasteiger charge is 2.26. The van der Waals surface area contributed by atoms with Crippen LogP contribution in [0.5, 0.6) is 0 Å². The van der Waals surface area contributed by atoms with Gasteiger partial charge in [0.25, 0.3) is 11.6 Å². The SMILES string of the molecule is CCN(C(=O)c1ccccc1[N+](=O)[O-])c1nc2ccccc2s1. The fraction of sp³-hybridized carbons (Fsp3) is 0.125. The number of nitro groups is 1. The molecule has 116 valence electrons. The molecule has 1 aromatic heterocycles. The molecule has 0 atom stereocenters. The van der Waals surface area contributed by atoms with Crippen LogP contribution in [0.2, 0.25) is 0 Å². The minimum absolute atomic E-state index is 0.0682. The van der Waals surface area contributed by atoms with E-state index >= 15 is 0 Å². The van der Waals surface area contributed by atoms with Crippen LogP contribution >= 0.6 is 11.3 Å². The summed E-state index contributed by atoms with van der Waals surface area (Å²) in [6.07, 6.45) is 0. The van der Waals surface area contributed by atoms with Crippen molar-refractivity contribution in [1.29, 1.82) is 0 Å². The quantitative estimate of drug-likeness (QED) is 0.538. The van der Waals surface area contributed by atoms with Crippen molar-refractivity contribution >= 4 is 38.3 Å². The first kappa shape index (κ1) is 15.1. The van der Waals surface area contributed by atoms with Crippen LogP contribution in [0.15, 0.2) is 48.5 Å². The van der Waals surface area contributed by atoms with Crippen molar-refractivity contribution in [3.63, 3.8) is 0 Å². The van der Waals surface area contributed by atoms with Crippen LogP contribution in [0.3, 0.4) is 0 Å². The Morgan fingerprint density at radius 1 is 1.22 bits per heavy atom. The molecule has 0 bridgehead atoms. The largest absolute Gasteiger partial charge is 0.284 e. The fourth-order valence-electron chi connectivity index (χ4n) is 2.30. The molecule has 23 heavy (non-hydrogen) atoms. The lowest BCUT2D eigenvalue weighted by Gasteiger charge is -2.17. The highest BCUT2D eigenvalue weighted by molar-refractivity contribution is 7.22. The van der Waals surface area contributed by atoms with E-state index in [0.717, 1.165) is 10.2 Å². The second-order valence-corrected chi connectivity index (χ2v) is 5.80. The zero-order valence-corrected chi connectivity index (χ0v) is 13.1. The van der Waals surface area contributed by atoms with Gasteiger partial charge in [-0.25, -0.2) is 4.98 Å². The number of carbonyl (C=O) groups excluding carboxylic acids is 1. The number of carbonyl (C=O) groups is 1. The third kappa shape index (κ3) is 2.78. The summed E-state index contributed by atoms with van der Waals surface area (Å²) in [4.78, 5) is 29.3. The topological polar surface area (TPSA) is 76.3 Å².